The standard InChI is InChI=1S/C16H18ClNO/c1-11-8-13(6-7-15(11)17)16(18)10-12-4-3-5-14(9-12)19-2/h3-9,16H,10,18H2,1-2H3. The lowest BCUT2D eigenvalue weighted by atomic mass is 9.98. The molecule has 0 aliphatic carbocycles. The van der Waals surface area contributed by atoms with E-state index in [1.807, 2.05) is 43.3 Å². The van der Waals surface area contributed by atoms with Crippen molar-refractivity contribution < 1.29 is 4.74 Å². The molecule has 0 radical (unpaired) electrons. The third kappa shape index (κ3) is 3.49. The van der Waals surface area contributed by atoms with Crippen LogP contribution in [0, 0.1) is 6.92 Å². The zero-order valence-electron chi connectivity index (χ0n) is 11.2. The third-order valence-electron chi connectivity index (χ3n) is 3.20. The van der Waals surface area contributed by atoms with Gasteiger partial charge >= 0.3 is 0 Å². The lowest BCUT2D eigenvalue weighted by Gasteiger charge is -2.14. The monoisotopic (exact) mass is 275 g/mol. The van der Waals surface area contributed by atoms with Crippen LogP contribution in [0.3, 0.4) is 0 Å². The van der Waals surface area contributed by atoms with Crippen molar-refractivity contribution in [3.05, 3.63) is 64.2 Å². The van der Waals surface area contributed by atoms with Crippen LogP contribution in [-0.2, 0) is 6.42 Å². The van der Waals surface area contributed by atoms with Crippen LogP contribution >= 0.6 is 11.6 Å². The second kappa shape index (κ2) is 6.09. The highest BCUT2D eigenvalue weighted by atomic mass is 35.5. The number of methoxy groups -OCH3 is 1. The Labute approximate surface area is 119 Å². The summed E-state index contributed by atoms with van der Waals surface area (Å²) in [7, 11) is 1.67. The van der Waals surface area contributed by atoms with E-state index in [1.165, 1.54) is 5.56 Å². The maximum absolute atomic E-state index is 6.25. The number of aryl methyl sites for hydroxylation is 1. The highest BCUT2D eigenvalue weighted by Gasteiger charge is 2.09. The van der Waals surface area contributed by atoms with Crippen LogP contribution in [0.1, 0.15) is 22.7 Å². The second-order valence-electron chi connectivity index (χ2n) is 4.67. The van der Waals surface area contributed by atoms with Crippen molar-refractivity contribution in [1.29, 1.82) is 0 Å². The summed E-state index contributed by atoms with van der Waals surface area (Å²) in [6, 6.07) is 13.9. The molecular weight excluding hydrogens is 258 g/mol. The van der Waals surface area contributed by atoms with Crippen LogP contribution in [0.5, 0.6) is 5.75 Å². The summed E-state index contributed by atoms with van der Waals surface area (Å²) in [6.45, 7) is 1.99. The molecule has 1 atom stereocenters. The number of rotatable bonds is 4. The van der Waals surface area contributed by atoms with E-state index in [0.29, 0.717) is 0 Å². The van der Waals surface area contributed by atoms with Crippen molar-refractivity contribution in [2.24, 2.45) is 5.73 Å². The quantitative estimate of drug-likeness (QED) is 0.918. The minimum absolute atomic E-state index is 0.0388. The van der Waals surface area contributed by atoms with Gasteiger partial charge < -0.3 is 10.5 Å². The fourth-order valence-electron chi connectivity index (χ4n) is 2.07. The summed E-state index contributed by atoms with van der Waals surface area (Å²) in [6.07, 6.45) is 0.776. The van der Waals surface area contributed by atoms with Gasteiger partial charge in [0.15, 0.2) is 0 Å². The van der Waals surface area contributed by atoms with E-state index in [9.17, 15) is 0 Å². The summed E-state index contributed by atoms with van der Waals surface area (Å²) < 4.78 is 5.22. The molecule has 3 heteroatoms. The van der Waals surface area contributed by atoms with Gasteiger partial charge in [0.05, 0.1) is 7.11 Å². The lowest BCUT2D eigenvalue weighted by molar-refractivity contribution is 0.414. The van der Waals surface area contributed by atoms with E-state index in [4.69, 9.17) is 22.1 Å². The largest absolute Gasteiger partial charge is 0.497 e. The molecule has 0 aliphatic rings. The van der Waals surface area contributed by atoms with E-state index in [0.717, 1.165) is 28.3 Å². The number of nitrogens with two attached hydrogens (primary N) is 1. The van der Waals surface area contributed by atoms with E-state index in [2.05, 4.69) is 6.07 Å². The molecule has 2 rings (SSSR count). The van der Waals surface area contributed by atoms with Gasteiger partial charge in [0.2, 0.25) is 0 Å². The maximum Gasteiger partial charge on any atom is 0.119 e. The number of benzene rings is 2. The van der Waals surface area contributed by atoms with Crippen LogP contribution in [0.2, 0.25) is 5.02 Å². The molecule has 100 valence electrons. The Morgan fingerprint density at radius 1 is 1.21 bits per heavy atom. The first kappa shape index (κ1) is 13.9. The molecule has 2 aromatic rings. The topological polar surface area (TPSA) is 35.2 Å². The van der Waals surface area contributed by atoms with Crippen molar-refractivity contribution >= 4 is 11.6 Å². The Hall–Kier alpha value is -1.51. The zero-order valence-corrected chi connectivity index (χ0v) is 11.9. The van der Waals surface area contributed by atoms with Gasteiger partial charge in [-0.15, -0.1) is 0 Å². The normalized spacial score (nSPS) is 12.2. The Bertz CT molecular complexity index is 568. The van der Waals surface area contributed by atoms with Crippen LogP contribution in [-0.4, -0.2) is 7.11 Å². The highest BCUT2D eigenvalue weighted by molar-refractivity contribution is 6.31. The van der Waals surface area contributed by atoms with Crippen LogP contribution in [0.25, 0.3) is 0 Å². The summed E-state index contributed by atoms with van der Waals surface area (Å²) in [4.78, 5) is 0. The average Bonchev–Trinajstić information content (AvgIpc) is 2.42. The van der Waals surface area contributed by atoms with Gasteiger partial charge in [0, 0.05) is 11.1 Å². The smallest absolute Gasteiger partial charge is 0.119 e. The second-order valence-corrected chi connectivity index (χ2v) is 5.08. The van der Waals surface area contributed by atoms with Crippen molar-refractivity contribution in [1.82, 2.24) is 0 Å². The van der Waals surface area contributed by atoms with Crippen molar-refractivity contribution in [3.63, 3.8) is 0 Å². The third-order valence-corrected chi connectivity index (χ3v) is 3.62. The van der Waals surface area contributed by atoms with Gasteiger partial charge in [0.25, 0.3) is 0 Å². The molecule has 19 heavy (non-hydrogen) atoms. The number of hydrogen-bond acceptors (Lipinski definition) is 2. The molecule has 0 bridgehead atoms. The van der Waals surface area contributed by atoms with Gasteiger partial charge in [0.1, 0.15) is 5.75 Å². The van der Waals surface area contributed by atoms with Gasteiger partial charge in [-0.3, -0.25) is 0 Å². The summed E-state index contributed by atoms with van der Waals surface area (Å²) in [5.74, 6) is 0.858. The molecule has 2 N–H and O–H groups in total. The fraction of sp³-hybridized carbons (Fsp3) is 0.250. The van der Waals surface area contributed by atoms with Gasteiger partial charge in [-0.25, -0.2) is 0 Å². The molecule has 0 aliphatic heterocycles. The van der Waals surface area contributed by atoms with E-state index in [-0.39, 0.29) is 6.04 Å². The van der Waals surface area contributed by atoms with Crippen molar-refractivity contribution in [2.45, 2.75) is 19.4 Å². The Kier molecular flexibility index (Phi) is 4.46. The molecule has 0 heterocycles. The molecule has 0 fully saturated rings. The average molecular weight is 276 g/mol. The zero-order chi connectivity index (χ0) is 13.8. The molecule has 0 aromatic heterocycles. The van der Waals surface area contributed by atoms with Gasteiger partial charge in [-0.1, -0.05) is 35.9 Å². The summed E-state index contributed by atoms with van der Waals surface area (Å²) in [5.41, 5.74) is 9.58. The highest BCUT2D eigenvalue weighted by Crippen LogP contribution is 2.23. The molecule has 2 nitrogen and oxygen atoms in total. The molecule has 0 amide bonds. The first-order chi connectivity index (χ1) is 9.10. The predicted octanol–water partition coefficient (Wildman–Crippen LogP) is 3.90. The molecule has 0 saturated heterocycles. The Morgan fingerprint density at radius 2 is 2.00 bits per heavy atom. The molecule has 2 aromatic carbocycles. The number of hydrogen-bond donors (Lipinski definition) is 1. The van der Waals surface area contributed by atoms with Crippen molar-refractivity contribution in [3.8, 4) is 5.75 Å². The molecule has 1 unspecified atom stereocenters. The van der Waals surface area contributed by atoms with Crippen molar-refractivity contribution in [2.75, 3.05) is 7.11 Å². The van der Waals surface area contributed by atoms with Crippen LogP contribution in [0.4, 0.5) is 0 Å². The van der Waals surface area contributed by atoms with E-state index in [1.54, 1.807) is 7.11 Å². The van der Waals surface area contributed by atoms with Crippen LogP contribution in [0.15, 0.2) is 42.5 Å². The number of halogens is 1. The summed E-state index contributed by atoms with van der Waals surface area (Å²) in [5, 5.41) is 0.775. The first-order valence-corrected chi connectivity index (χ1v) is 6.62. The molecule has 0 saturated carbocycles. The summed E-state index contributed by atoms with van der Waals surface area (Å²) >= 11 is 6.03. The van der Waals surface area contributed by atoms with E-state index < -0.39 is 0 Å². The van der Waals surface area contributed by atoms with Crippen LogP contribution < -0.4 is 10.5 Å². The van der Waals surface area contributed by atoms with Gasteiger partial charge in [-0.05, 0) is 48.2 Å². The minimum atomic E-state index is -0.0388. The minimum Gasteiger partial charge on any atom is -0.497 e. The Balaban J connectivity index is 2.15. The maximum atomic E-state index is 6.25. The number of ether oxygens (including phenoxy) is 1. The van der Waals surface area contributed by atoms with Gasteiger partial charge in [-0.2, -0.15) is 0 Å². The predicted molar refractivity (Wildman–Crippen MR) is 79.8 cm³/mol. The molecular formula is C16H18ClNO. The SMILES string of the molecule is COc1cccc(CC(N)c2ccc(Cl)c(C)c2)c1. The lowest BCUT2D eigenvalue weighted by Crippen LogP contribution is -2.13. The molecule has 0 spiro atoms. The first-order valence-electron chi connectivity index (χ1n) is 6.24. The Morgan fingerprint density at radius 3 is 2.68 bits per heavy atom. The van der Waals surface area contributed by atoms with E-state index >= 15 is 0 Å². The fourth-order valence-corrected chi connectivity index (χ4v) is 2.19.